The minimum absolute atomic E-state index is 0.0282. The normalized spacial score (nSPS) is 16.7. The third-order valence-electron chi connectivity index (χ3n) is 10.8. The third-order valence-corrected chi connectivity index (χ3v) is 12.0. The van der Waals surface area contributed by atoms with Crippen LogP contribution >= 0.6 is 11.3 Å². The van der Waals surface area contributed by atoms with Crippen LogP contribution in [-0.2, 0) is 0 Å². The van der Waals surface area contributed by atoms with E-state index in [0.29, 0.717) is 11.7 Å². The number of hydrogen-bond acceptors (Lipinski definition) is 6. The van der Waals surface area contributed by atoms with Crippen molar-refractivity contribution in [1.82, 2.24) is 15.0 Å². The van der Waals surface area contributed by atoms with E-state index in [0.717, 1.165) is 44.7 Å². The zero-order chi connectivity index (χ0) is 33.2. The zero-order valence-corrected chi connectivity index (χ0v) is 27.9. The van der Waals surface area contributed by atoms with E-state index in [-0.39, 0.29) is 12.0 Å². The summed E-state index contributed by atoms with van der Waals surface area (Å²) < 4.78 is 9.25. The second-order valence-corrected chi connectivity index (χ2v) is 14.6. The van der Waals surface area contributed by atoms with Crippen LogP contribution in [0.2, 0.25) is 0 Å². The summed E-state index contributed by atoms with van der Waals surface area (Å²) in [5, 5.41) is 3.59. The van der Waals surface area contributed by atoms with Gasteiger partial charge in [-0.1, -0.05) is 91.0 Å². The van der Waals surface area contributed by atoms with Crippen LogP contribution in [0.5, 0.6) is 0 Å². The van der Waals surface area contributed by atoms with Crippen LogP contribution in [0.1, 0.15) is 28.5 Å². The molecule has 0 radical (unpaired) electrons. The van der Waals surface area contributed by atoms with Gasteiger partial charge in [0.2, 0.25) is 5.89 Å². The van der Waals surface area contributed by atoms with Crippen molar-refractivity contribution in [3.63, 3.8) is 0 Å². The first-order valence-electron chi connectivity index (χ1n) is 17.3. The number of anilines is 2. The summed E-state index contributed by atoms with van der Waals surface area (Å²) in [5.41, 5.74) is 12.0. The quantitative estimate of drug-likeness (QED) is 0.187. The van der Waals surface area contributed by atoms with Gasteiger partial charge in [-0.05, 0) is 65.7 Å². The van der Waals surface area contributed by atoms with E-state index in [1.165, 1.54) is 48.2 Å². The molecule has 5 heterocycles. The van der Waals surface area contributed by atoms with Crippen LogP contribution < -0.4 is 4.90 Å². The van der Waals surface area contributed by atoms with Gasteiger partial charge < -0.3 is 9.32 Å². The van der Waals surface area contributed by atoms with E-state index < -0.39 is 0 Å². The minimum Gasteiger partial charge on any atom is -0.440 e. The van der Waals surface area contributed by atoms with E-state index in [1.807, 2.05) is 29.5 Å². The molecule has 1 aliphatic carbocycles. The SMILES string of the molecule is C1=C2c3ccccc3N3c4ccc(-c5nc(-c6cccc7c6sc6ccccc67)c6ccccc6n5)cc4C(c4oc(-c5ccccc5)nc41)C23. The molecule has 0 N–H and O–H groups in total. The average Bonchev–Trinajstić information content (AvgIpc) is 3.95. The number of fused-ring (bicyclic) bond motifs is 12. The van der Waals surface area contributed by atoms with Crippen molar-refractivity contribution in [2.75, 3.05) is 4.90 Å². The van der Waals surface area contributed by atoms with Crippen molar-refractivity contribution >= 4 is 65.4 Å². The van der Waals surface area contributed by atoms with Gasteiger partial charge in [0, 0.05) is 59.2 Å². The van der Waals surface area contributed by atoms with Gasteiger partial charge in [-0.25, -0.2) is 15.0 Å². The topological polar surface area (TPSA) is 55.1 Å². The molecule has 0 saturated carbocycles. The molecule has 2 aliphatic heterocycles. The number of oxazole rings is 1. The number of thiophene rings is 1. The lowest BCUT2D eigenvalue weighted by Crippen LogP contribution is -2.28. The fourth-order valence-corrected chi connectivity index (χ4v) is 9.85. The summed E-state index contributed by atoms with van der Waals surface area (Å²) in [5.74, 6) is 2.25. The Balaban J connectivity index is 1.07. The molecule has 0 saturated heterocycles. The lowest BCUT2D eigenvalue weighted by Gasteiger charge is -2.25. The highest BCUT2D eigenvalue weighted by Gasteiger charge is 2.52. The molecular weight excluding hydrogens is 645 g/mol. The number of para-hydroxylation sites is 2. The van der Waals surface area contributed by atoms with Crippen molar-refractivity contribution in [3.05, 3.63) is 162 Å². The maximum absolute atomic E-state index is 6.72. The average molecular weight is 671 g/mol. The minimum atomic E-state index is -0.0282. The van der Waals surface area contributed by atoms with Crippen LogP contribution in [0.4, 0.5) is 11.4 Å². The van der Waals surface area contributed by atoms with Gasteiger partial charge in [-0.2, -0.15) is 0 Å². The lowest BCUT2D eigenvalue weighted by molar-refractivity contribution is 0.487. The third kappa shape index (κ3) is 3.77. The predicted octanol–water partition coefficient (Wildman–Crippen LogP) is 11.5. The molecule has 2 unspecified atom stereocenters. The Morgan fingerprint density at radius 2 is 1.39 bits per heavy atom. The van der Waals surface area contributed by atoms with Gasteiger partial charge in [0.1, 0.15) is 11.5 Å². The zero-order valence-electron chi connectivity index (χ0n) is 27.1. The first kappa shape index (κ1) is 27.5. The Morgan fingerprint density at radius 1 is 0.608 bits per heavy atom. The number of rotatable bonds is 3. The van der Waals surface area contributed by atoms with Crippen LogP contribution in [0.3, 0.4) is 0 Å². The summed E-state index contributed by atoms with van der Waals surface area (Å²) in [7, 11) is 0. The smallest absolute Gasteiger partial charge is 0.226 e. The molecule has 2 atom stereocenters. The first-order chi connectivity index (χ1) is 25.3. The monoisotopic (exact) mass is 670 g/mol. The van der Waals surface area contributed by atoms with Crippen molar-refractivity contribution in [2.45, 2.75) is 12.0 Å². The van der Waals surface area contributed by atoms with Crippen LogP contribution in [0.15, 0.2) is 144 Å². The van der Waals surface area contributed by atoms with Crippen LogP contribution in [0.25, 0.3) is 76.8 Å². The molecule has 238 valence electrons. The van der Waals surface area contributed by atoms with Crippen molar-refractivity contribution in [2.24, 2.45) is 0 Å². The molecule has 5 nitrogen and oxygen atoms in total. The Morgan fingerprint density at radius 3 is 2.33 bits per heavy atom. The van der Waals surface area contributed by atoms with E-state index in [4.69, 9.17) is 19.4 Å². The van der Waals surface area contributed by atoms with Crippen LogP contribution in [0, 0.1) is 0 Å². The number of benzene rings is 6. The number of aromatic nitrogens is 3. The molecule has 0 bridgehead atoms. The summed E-state index contributed by atoms with van der Waals surface area (Å²) in [4.78, 5) is 18.1. The van der Waals surface area contributed by atoms with E-state index >= 15 is 0 Å². The molecule has 6 heteroatoms. The predicted molar refractivity (Wildman–Crippen MR) is 207 cm³/mol. The van der Waals surface area contributed by atoms with E-state index in [9.17, 15) is 0 Å². The summed E-state index contributed by atoms with van der Waals surface area (Å²) in [6.45, 7) is 0. The molecule has 3 aliphatic rings. The largest absolute Gasteiger partial charge is 0.440 e. The Hall–Kier alpha value is -6.37. The summed E-state index contributed by atoms with van der Waals surface area (Å²) >= 11 is 1.83. The molecule has 0 fully saturated rings. The molecule has 6 aromatic carbocycles. The van der Waals surface area contributed by atoms with Gasteiger partial charge in [-0.15, -0.1) is 11.3 Å². The second kappa shape index (κ2) is 10.1. The van der Waals surface area contributed by atoms with Crippen LogP contribution in [-0.4, -0.2) is 21.0 Å². The summed E-state index contributed by atoms with van der Waals surface area (Å²) in [6, 6.07) is 49.3. The molecule has 12 rings (SSSR count). The maximum Gasteiger partial charge on any atom is 0.226 e. The van der Waals surface area contributed by atoms with Crippen molar-refractivity contribution in [3.8, 4) is 34.1 Å². The highest BCUT2D eigenvalue weighted by Crippen LogP contribution is 2.61. The molecule has 3 aromatic heterocycles. The Labute approximate surface area is 296 Å². The molecule has 51 heavy (non-hydrogen) atoms. The standard InChI is InChI=1S/C45H26N4OS/c1-2-11-25(12-3-1)45-47-35-24-32-27-13-5-8-19-36(27)49-37-22-21-26(23-33(37)39(41(32)49)42(35)50-45)44-46-34-18-7-4-15-30(34)40(48-44)31-17-10-16-29-28-14-6-9-20-38(28)51-43(29)31/h1-24,39,41H. The lowest BCUT2D eigenvalue weighted by atomic mass is 9.81. The highest BCUT2D eigenvalue weighted by atomic mass is 32.1. The van der Waals surface area contributed by atoms with E-state index in [2.05, 4.69) is 132 Å². The van der Waals surface area contributed by atoms with E-state index in [1.54, 1.807) is 0 Å². The molecule has 0 spiro atoms. The fourth-order valence-electron chi connectivity index (χ4n) is 8.63. The van der Waals surface area contributed by atoms with Gasteiger partial charge in [0.15, 0.2) is 5.82 Å². The van der Waals surface area contributed by atoms with Gasteiger partial charge in [0.05, 0.1) is 23.2 Å². The first-order valence-corrected chi connectivity index (χ1v) is 18.1. The van der Waals surface area contributed by atoms with Gasteiger partial charge in [0.25, 0.3) is 0 Å². The number of nitrogens with zero attached hydrogens (tertiary/aromatic N) is 4. The Kier molecular flexibility index (Phi) is 5.43. The van der Waals surface area contributed by atoms with Crippen molar-refractivity contribution < 1.29 is 4.42 Å². The molecule has 9 aromatic rings. The van der Waals surface area contributed by atoms with Crippen molar-refractivity contribution in [1.29, 1.82) is 0 Å². The summed E-state index contributed by atoms with van der Waals surface area (Å²) in [6.07, 6.45) is 2.24. The molecular formula is C45H26N4OS. The Bertz CT molecular complexity index is 2960. The fraction of sp³-hybridized carbons (Fsp3) is 0.0444. The molecule has 0 amide bonds. The van der Waals surface area contributed by atoms with Gasteiger partial charge in [-0.3, -0.25) is 0 Å². The second-order valence-electron chi connectivity index (χ2n) is 13.5. The van der Waals surface area contributed by atoms with Gasteiger partial charge >= 0.3 is 0 Å². The highest BCUT2D eigenvalue weighted by molar-refractivity contribution is 7.26. The maximum atomic E-state index is 6.72. The number of hydrogen-bond donors (Lipinski definition) is 0.